The number of carbonyl (C=O) groups is 1. The molecule has 0 unspecified atom stereocenters. The van der Waals surface area contributed by atoms with Gasteiger partial charge in [0.25, 0.3) is 5.91 Å². The largest absolute Gasteiger partial charge is 0.490 e. The van der Waals surface area contributed by atoms with Gasteiger partial charge in [0.15, 0.2) is 16.7 Å². The highest BCUT2D eigenvalue weighted by atomic mass is 79.9. The second-order valence-corrected chi connectivity index (χ2v) is 8.70. The number of thioether (sulfide) groups is 1. The third kappa shape index (κ3) is 6.15. The van der Waals surface area contributed by atoms with Gasteiger partial charge in [-0.2, -0.15) is 0 Å². The molecule has 2 aromatic carbocycles. The molecule has 0 spiro atoms. The fourth-order valence-electron chi connectivity index (χ4n) is 3.14. The smallest absolute Gasteiger partial charge is 0.266 e. The Balaban J connectivity index is 1.94. The molecule has 32 heavy (non-hydrogen) atoms. The zero-order valence-electron chi connectivity index (χ0n) is 18.5. The Bertz CT molecular complexity index is 995. The van der Waals surface area contributed by atoms with Crippen molar-refractivity contribution in [3.05, 3.63) is 57.4 Å². The summed E-state index contributed by atoms with van der Waals surface area (Å²) in [4.78, 5) is 20.3. The molecule has 0 aliphatic carbocycles. The van der Waals surface area contributed by atoms with Crippen molar-refractivity contribution in [2.45, 2.75) is 20.3 Å². The summed E-state index contributed by atoms with van der Waals surface area (Å²) < 4.78 is 17.4. The number of carbonyl (C=O) groups excluding carboxylic acids is 1. The topological polar surface area (TPSA) is 60.4 Å². The van der Waals surface area contributed by atoms with Gasteiger partial charge in [-0.25, -0.2) is 4.99 Å². The van der Waals surface area contributed by atoms with Crippen molar-refractivity contribution in [3.8, 4) is 11.5 Å². The minimum absolute atomic E-state index is 0.0660. The molecule has 0 N–H and O–H groups in total. The van der Waals surface area contributed by atoms with Gasteiger partial charge in [-0.1, -0.05) is 18.2 Å². The molecule has 170 valence electrons. The van der Waals surface area contributed by atoms with E-state index in [1.807, 2.05) is 62.4 Å². The first kappa shape index (κ1) is 24.4. The van der Waals surface area contributed by atoms with E-state index < -0.39 is 0 Å². The fourth-order valence-corrected chi connectivity index (χ4v) is 4.74. The van der Waals surface area contributed by atoms with Crippen molar-refractivity contribution in [3.63, 3.8) is 0 Å². The van der Waals surface area contributed by atoms with Gasteiger partial charge in [-0.3, -0.25) is 9.69 Å². The highest BCUT2D eigenvalue weighted by molar-refractivity contribution is 9.10. The van der Waals surface area contributed by atoms with Gasteiger partial charge >= 0.3 is 0 Å². The molecule has 1 aliphatic rings. The Labute approximate surface area is 201 Å². The highest BCUT2D eigenvalue weighted by Gasteiger charge is 2.33. The van der Waals surface area contributed by atoms with E-state index in [1.54, 1.807) is 12.0 Å². The first-order valence-electron chi connectivity index (χ1n) is 10.5. The second kappa shape index (κ2) is 12.1. The maximum absolute atomic E-state index is 13.2. The van der Waals surface area contributed by atoms with Crippen molar-refractivity contribution in [2.75, 3.05) is 33.5 Å². The zero-order valence-corrected chi connectivity index (χ0v) is 20.9. The summed E-state index contributed by atoms with van der Waals surface area (Å²) in [7, 11) is 1.66. The Morgan fingerprint density at radius 3 is 2.56 bits per heavy atom. The van der Waals surface area contributed by atoms with E-state index in [-0.39, 0.29) is 5.91 Å². The number of hydrogen-bond donors (Lipinski definition) is 0. The van der Waals surface area contributed by atoms with E-state index in [4.69, 9.17) is 19.2 Å². The van der Waals surface area contributed by atoms with Gasteiger partial charge in [0.1, 0.15) is 0 Å². The predicted molar refractivity (Wildman–Crippen MR) is 134 cm³/mol. The number of amides is 1. The quantitative estimate of drug-likeness (QED) is 0.290. The molecule has 1 amide bonds. The number of hydrogen-bond acceptors (Lipinski definition) is 6. The number of amidine groups is 1. The Hall–Kier alpha value is -2.29. The average Bonchev–Trinajstić information content (AvgIpc) is 3.06. The van der Waals surface area contributed by atoms with E-state index >= 15 is 0 Å². The molecule has 0 radical (unpaired) electrons. The molecule has 0 atom stereocenters. The molecular formula is C24H27BrN2O4S. The molecule has 3 rings (SSSR count). The summed E-state index contributed by atoms with van der Waals surface area (Å²) in [6.07, 6.45) is 2.60. The Morgan fingerprint density at radius 1 is 1.12 bits per heavy atom. The average molecular weight is 519 g/mol. The lowest BCUT2D eigenvalue weighted by Gasteiger charge is -2.15. The van der Waals surface area contributed by atoms with Gasteiger partial charge < -0.3 is 14.2 Å². The molecule has 1 fully saturated rings. The third-order valence-electron chi connectivity index (χ3n) is 4.52. The number of ether oxygens (including phenoxy) is 3. The van der Waals surface area contributed by atoms with Crippen molar-refractivity contribution in [2.24, 2.45) is 4.99 Å². The number of nitrogens with zero attached hydrogens (tertiary/aromatic N) is 2. The lowest BCUT2D eigenvalue weighted by Crippen LogP contribution is -2.30. The van der Waals surface area contributed by atoms with Crippen LogP contribution in [0.2, 0.25) is 0 Å². The number of halogens is 1. The molecule has 1 aliphatic heterocycles. The van der Waals surface area contributed by atoms with Crippen molar-refractivity contribution >= 4 is 50.5 Å². The van der Waals surface area contributed by atoms with Crippen LogP contribution in [0.15, 0.2) is 56.8 Å². The summed E-state index contributed by atoms with van der Waals surface area (Å²) in [5.41, 5.74) is 1.65. The standard InChI is InChI=1S/C24H27BrN2O4S/c1-4-30-20-15-17(14-19(25)22(20)31-5-2)16-21-23(28)27(12-9-13-29-3)24(32-21)26-18-10-7-6-8-11-18/h6-8,10-11,14-16H,4-5,9,12-13H2,1-3H3/b21-16-,26-24?. The van der Waals surface area contributed by atoms with Crippen LogP contribution in [0, 0.1) is 0 Å². The molecule has 8 heteroatoms. The summed E-state index contributed by atoms with van der Waals surface area (Å²) in [6.45, 7) is 6.02. The lowest BCUT2D eigenvalue weighted by atomic mass is 10.2. The van der Waals surface area contributed by atoms with Crippen LogP contribution in [-0.2, 0) is 9.53 Å². The first-order chi connectivity index (χ1) is 15.6. The van der Waals surface area contributed by atoms with E-state index in [0.29, 0.717) is 47.9 Å². The van der Waals surface area contributed by atoms with Gasteiger partial charge in [0.2, 0.25) is 0 Å². The van der Waals surface area contributed by atoms with Gasteiger partial charge in [-0.15, -0.1) is 0 Å². The van der Waals surface area contributed by atoms with E-state index in [0.717, 1.165) is 22.1 Å². The van der Waals surface area contributed by atoms with Crippen LogP contribution in [0.25, 0.3) is 6.08 Å². The normalized spacial score (nSPS) is 16.2. The van der Waals surface area contributed by atoms with Crippen LogP contribution in [0.4, 0.5) is 5.69 Å². The molecule has 0 saturated carbocycles. The summed E-state index contributed by atoms with van der Waals surface area (Å²) >= 11 is 4.94. The molecule has 1 saturated heterocycles. The number of rotatable bonds is 10. The summed E-state index contributed by atoms with van der Waals surface area (Å²) in [6, 6.07) is 13.5. The second-order valence-electron chi connectivity index (χ2n) is 6.84. The third-order valence-corrected chi connectivity index (χ3v) is 6.11. The van der Waals surface area contributed by atoms with Crippen molar-refractivity contribution in [1.29, 1.82) is 0 Å². The minimum Gasteiger partial charge on any atom is -0.490 e. The number of benzene rings is 2. The van der Waals surface area contributed by atoms with Crippen LogP contribution in [-0.4, -0.2) is 49.4 Å². The molecule has 0 bridgehead atoms. The Morgan fingerprint density at radius 2 is 1.88 bits per heavy atom. The van der Waals surface area contributed by atoms with E-state index in [9.17, 15) is 4.79 Å². The Kier molecular flexibility index (Phi) is 9.20. The number of methoxy groups -OCH3 is 1. The SMILES string of the molecule is CCOc1cc(/C=C2\SC(=Nc3ccccc3)N(CCCOC)C2=O)cc(Br)c1OCC. The minimum atomic E-state index is -0.0660. The predicted octanol–water partition coefficient (Wildman–Crippen LogP) is 5.89. The summed E-state index contributed by atoms with van der Waals surface area (Å²) in [5, 5.41) is 0.665. The molecule has 0 aromatic heterocycles. The van der Waals surface area contributed by atoms with Crippen LogP contribution in [0.3, 0.4) is 0 Å². The monoisotopic (exact) mass is 518 g/mol. The fraction of sp³-hybridized carbons (Fsp3) is 0.333. The van der Waals surface area contributed by atoms with Gasteiger partial charge in [0.05, 0.1) is 28.3 Å². The van der Waals surface area contributed by atoms with Gasteiger partial charge in [-0.05, 0) is 83.9 Å². The molecule has 2 aromatic rings. The van der Waals surface area contributed by atoms with E-state index in [2.05, 4.69) is 15.9 Å². The summed E-state index contributed by atoms with van der Waals surface area (Å²) in [5.74, 6) is 1.24. The maximum atomic E-state index is 13.2. The van der Waals surface area contributed by atoms with Crippen molar-refractivity contribution < 1.29 is 19.0 Å². The molecule has 1 heterocycles. The molecule has 6 nitrogen and oxygen atoms in total. The number of aliphatic imine (C=N–C) groups is 1. The molecular weight excluding hydrogens is 492 g/mol. The van der Waals surface area contributed by atoms with Crippen LogP contribution in [0.1, 0.15) is 25.8 Å². The van der Waals surface area contributed by atoms with Crippen LogP contribution < -0.4 is 9.47 Å². The van der Waals surface area contributed by atoms with Crippen LogP contribution >= 0.6 is 27.7 Å². The van der Waals surface area contributed by atoms with Crippen LogP contribution in [0.5, 0.6) is 11.5 Å². The highest BCUT2D eigenvalue weighted by Crippen LogP contribution is 2.39. The van der Waals surface area contributed by atoms with Crippen molar-refractivity contribution in [1.82, 2.24) is 4.90 Å². The maximum Gasteiger partial charge on any atom is 0.266 e. The van der Waals surface area contributed by atoms with Gasteiger partial charge in [0, 0.05) is 20.3 Å². The zero-order chi connectivity index (χ0) is 22.9. The first-order valence-corrected chi connectivity index (χ1v) is 12.1. The lowest BCUT2D eigenvalue weighted by molar-refractivity contribution is -0.122. The number of para-hydroxylation sites is 1. The van der Waals surface area contributed by atoms with E-state index in [1.165, 1.54) is 11.8 Å².